The number of benzene rings is 2. The molecule has 6 heteroatoms. The second-order valence-electron chi connectivity index (χ2n) is 7.91. The van der Waals surface area contributed by atoms with Crippen molar-refractivity contribution in [3.63, 3.8) is 0 Å². The van der Waals surface area contributed by atoms with Crippen molar-refractivity contribution < 1.29 is 9.59 Å². The Balaban J connectivity index is 1.81. The number of carbonyl (C=O) groups is 2. The van der Waals surface area contributed by atoms with Crippen LogP contribution in [0.3, 0.4) is 0 Å². The molecule has 2 aromatic rings. The van der Waals surface area contributed by atoms with Crippen LogP contribution in [-0.2, 0) is 24.4 Å². The van der Waals surface area contributed by atoms with Crippen molar-refractivity contribution >= 4 is 17.6 Å². The normalized spacial score (nSPS) is 10.9. The highest BCUT2D eigenvalue weighted by Gasteiger charge is 2.10. The van der Waals surface area contributed by atoms with E-state index in [0.29, 0.717) is 13.1 Å². The second-order valence-corrected chi connectivity index (χ2v) is 7.91. The summed E-state index contributed by atoms with van der Waals surface area (Å²) in [6, 6.07) is 15.7. The molecule has 0 bridgehead atoms. The van der Waals surface area contributed by atoms with Gasteiger partial charge in [-0.15, -0.1) is 0 Å². The lowest BCUT2D eigenvalue weighted by molar-refractivity contribution is -0.118. The number of anilines is 1. The monoisotopic (exact) mass is 396 g/mol. The van der Waals surface area contributed by atoms with Crippen LogP contribution in [0.5, 0.6) is 0 Å². The predicted octanol–water partition coefficient (Wildman–Crippen LogP) is 3.68. The van der Waals surface area contributed by atoms with Crippen LogP contribution < -0.4 is 10.6 Å². The predicted molar refractivity (Wildman–Crippen MR) is 117 cm³/mol. The molecular formula is C23H32N4O2. The van der Waals surface area contributed by atoms with Gasteiger partial charge in [0.15, 0.2) is 0 Å². The molecule has 2 N–H and O–H groups in total. The zero-order valence-corrected chi connectivity index (χ0v) is 18.0. The van der Waals surface area contributed by atoms with Crippen LogP contribution in [0.25, 0.3) is 0 Å². The quantitative estimate of drug-likeness (QED) is 0.715. The van der Waals surface area contributed by atoms with Crippen molar-refractivity contribution in [1.29, 1.82) is 0 Å². The SMILES string of the molecule is CC(C)C(=O)Nc1ccc(CNC(=O)N(C)Cc2ccc(CN(C)C)cc2)cc1. The molecule has 0 spiro atoms. The van der Waals surface area contributed by atoms with Crippen LogP contribution in [0.15, 0.2) is 48.5 Å². The van der Waals surface area contributed by atoms with E-state index in [1.807, 2.05) is 52.2 Å². The minimum atomic E-state index is -0.125. The maximum Gasteiger partial charge on any atom is 0.317 e. The van der Waals surface area contributed by atoms with Crippen LogP contribution in [-0.4, -0.2) is 42.9 Å². The van der Waals surface area contributed by atoms with Crippen molar-refractivity contribution in [2.45, 2.75) is 33.5 Å². The Morgan fingerprint density at radius 1 is 0.828 bits per heavy atom. The number of carbonyl (C=O) groups excluding carboxylic acids is 2. The van der Waals surface area contributed by atoms with Gasteiger partial charge in [0.25, 0.3) is 0 Å². The third kappa shape index (κ3) is 7.58. The summed E-state index contributed by atoms with van der Waals surface area (Å²) in [6.45, 7) is 5.59. The van der Waals surface area contributed by atoms with E-state index < -0.39 is 0 Å². The second kappa shape index (κ2) is 10.6. The summed E-state index contributed by atoms with van der Waals surface area (Å²) in [5.41, 5.74) is 4.07. The molecule has 0 aliphatic carbocycles. The van der Waals surface area contributed by atoms with Crippen molar-refractivity contribution in [3.8, 4) is 0 Å². The number of hydrogen-bond donors (Lipinski definition) is 2. The molecule has 6 nitrogen and oxygen atoms in total. The summed E-state index contributed by atoms with van der Waals surface area (Å²) in [7, 11) is 5.87. The molecule has 0 aromatic heterocycles. The fraction of sp³-hybridized carbons (Fsp3) is 0.391. The van der Waals surface area contributed by atoms with Crippen LogP contribution in [0.4, 0.5) is 10.5 Å². The first-order valence-electron chi connectivity index (χ1n) is 9.86. The first-order valence-corrected chi connectivity index (χ1v) is 9.86. The van der Waals surface area contributed by atoms with Crippen molar-refractivity contribution in [2.24, 2.45) is 5.92 Å². The first-order chi connectivity index (χ1) is 13.7. The summed E-state index contributed by atoms with van der Waals surface area (Å²) in [5.74, 6) is -0.0730. The van der Waals surface area contributed by atoms with Gasteiger partial charge in [0.1, 0.15) is 0 Å². The average Bonchev–Trinajstić information content (AvgIpc) is 2.68. The van der Waals surface area contributed by atoms with Crippen LogP contribution >= 0.6 is 0 Å². The van der Waals surface area contributed by atoms with E-state index in [-0.39, 0.29) is 17.9 Å². The largest absolute Gasteiger partial charge is 0.334 e. The molecule has 0 unspecified atom stereocenters. The highest BCUT2D eigenvalue weighted by Crippen LogP contribution is 2.12. The van der Waals surface area contributed by atoms with Crippen LogP contribution in [0, 0.1) is 5.92 Å². The molecule has 0 aliphatic heterocycles. The molecule has 0 fully saturated rings. The summed E-state index contributed by atoms with van der Waals surface area (Å²) < 4.78 is 0. The minimum absolute atomic E-state index is 0.0116. The summed E-state index contributed by atoms with van der Waals surface area (Å²) in [6.07, 6.45) is 0. The topological polar surface area (TPSA) is 64.7 Å². The summed E-state index contributed by atoms with van der Waals surface area (Å²) >= 11 is 0. The van der Waals surface area contributed by atoms with E-state index in [2.05, 4.69) is 39.8 Å². The summed E-state index contributed by atoms with van der Waals surface area (Å²) in [5, 5.41) is 5.78. The van der Waals surface area contributed by atoms with Gasteiger partial charge in [-0.25, -0.2) is 4.79 Å². The van der Waals surface area contributed by atoms with Crippen molar-refractivity contribution in [1.82, 2.24) is 15.1 Å². The van der Waals surface area contributed by atoms with Gasteiger partial charge in [-0.1, -0.05) is 50.2 Å². The molecule has 0 atom stereocenters. The van der Waals surface area contributed by atoms with E-state index in [4.69, 9.17) is 0 Å². The van der Waals surface area contributed by atoms with Gasteiger partial charge < -0.3 is 20.4 Å². The van der Waals surface area contributed by atoms with Gasteiger partial charge in [-0.2, -0.15) is 0 Å². The van der Waals surface area contributed by atoms with Crippen molar-refractivity contribution in [3.05, 3.63) is 65.2 Å². The highest BCUT2D eigenvalue weighted by atomic mass is 16.2. The fourth-order valence-electron chi connectivity index (χ4n) is 2.77. The number of urea groups is 1. The van der Waals surface area contributed by atoms with Gasteiger partial charge >= 0.3 is 6.03 Å². The van der Waals surface area contributed by atoms with Crippen LogP contribution in [0.1, 0.15) is 30.5 Å². The van der Waals surface area contributed by atoms with Crippen molar-refractivity contribution in [2.75, 3.05) is 26.5 Å². The third-order valence-corrected chi connectivity index (χ3v) is 4.48. The third-order valence-electron chi connectivity index (χ3n) is 4.48. The molecular weight excluding hydrogens is 364 g/mol. The van der Waals surface area contributed by atoms with Gasteiger partial charge in [0, 0.05) is 38.3 Å². The number of nitrogens with zero attached hydrogens (tertiary/aromatic N) is 2. The molecule has 156 valence electrons. The van der Waals surface area contributed by atoms with Crippen LogP contribution in [0.2, 0.25) is 0 Å². The molecule has 0 saturated carbocycles. The molecule has 2 rings (SSSR count). The standard InChI is InChI=1S/C23H32N4O2/c1-17(2)22(28)25-21-12-10-18(11-13-21)14-24-23(29)27(5)16-20-8-6-19(7-9-20)15-26(3)4/h6-13,17H,14-16H2,1-5H3,(H,24,29)(H,25,28). The zero-order chi connectivity index (χ0) is 21.4. The smallest absolute Gasteiger partial charge is 0.317 e. The van der Waals surface area contributed by atoms with Gasteiger partial charge in [0.2, 0.25) is 5.91 Å². The van der Waals surface area contributed by atoms with E-state index >= 15 is 0 Å². The highest BCUT2D eigenvalue weighted by molar-refractivity contribution is 5.92. The molecule has 3 amide bonds. The number of rotatable bonds is 8. The Kier molecular flexibility index (Phi) is 8.21. The van der Waals surface area contributed by atoms with Gasteiger partial charge in [-0.3, -0.25) is 4.79 Å². The molecule has 0 aliphatic rings. The Morgan fingerprint density at radius 2 is 1.34 bits per heavy atom. The maximum atomic E-state index is 12.4. The molecule has 0 radical (unpaired) electrons. The fourth-order valence-corrected chi connectivity index (χ4v) is 2.77. The lowest BCUT2D eigenvalue weighted by Crippen LogP contribution is -2.36. The Hall–Kier alpha value is -2.86. The molecule has 0 saturated heterocycles. The van der Waals surface area contributed by atoms with E-state index in [0.717, 1.165) is 23.4 Å². The lowest BCUT2D eigenvalue weighted by Gasteiger charge is -2.19. The van der Waals surface area contributed by atoms with E-state index in [1.54, 1.807) is 11.9 Å². The maximum absolute atomic E-state index is 12.4. The number of nitrogens with one attached hydrogen (secondary N) is 2. The minimum Gasteiger partial charge on any atom is -0.334 e. The van der Waals surface area contributed by atoms with Gasteiger partial charge in [0.05, 0.1) is 0 Å². The summed E-state index contributed by atoms with van der Waals surface area (Å²) in [4.78, 5) is 27.9. The lowest BCUT2D eigenvalue weighted by atomic mass is 10.1. The average molecular weight is 397 g/mol. The first kappa shape index (κ1) is 22.4. The molecule has 0 heterocycles. The molecule has 29 heavy (non-hydrogen) atoms. The Bertz CT molecular complexity index is 799. The number of amides is 3. The van der Waals surface area contributed by atoms with Gasteiger partial charge in [-0.05, 0) is 42.9 Å². The molecule has 2 aromatic carbocycles. The Labute approximate surface area is 173 Å². The zero-order valence-electron chi connectivity index (χ0n) is 18.0. The Morgan fingerprint density at radius 3 is 1.86 bits per heavy atom. The van der Waals surface area contributed by atoms with E-state index in [9.17, 15) is 9.59 Å². The number of hydrogen-bond acceptors (Lipinski definition) is 3. The van der Waals surface area contributed by atoms with E-state index in [1.165, 1.54) is 5.56 Å².